The molecule has 2 nitrogen and oxygen atoms in total. The Morgan fingerprint density at radius 2 is 1.15 bits per heavy atom. The molecule has 1 heterocycles. The molecule has 13 heavy (non-hydrogen) atoms. The third-order valence-corrected chi connectivity index (χ3v) is 1.36. The van der Waals surface area contributed by atoms with Gasteiger partial charge in [0.2, 0.25) is 0 Å². The number of benzene rings is 1. The standard InChI is InChI=1S/C6H6.C5H6N2/c1-2-4-6-5-3-1;1-5-2-6-4-7-3-5/h1-6H;2-4H,1H3. The van der Waals surface area contributed by atoms with E-state index in [2.05, 4.69) is 9.97 Å². The molecule has 0 spiro atoms. The van der Waals surface area contributed by atoms with Crippen LogP contribution in [0.3, 0.4) is 0 Å². The van der Waals surface area contributed by atoms with Gasteiger partial charge in [-0.15, -0.1) is 0 Å². The number of hydrogen-bond acceptors (Lipinski definition) is 2. The molecule has 0 saturated heterocycles. The predicted molar refractivity (Wildman–Crippen MR) is 53.2 cm³/mol. The van der Waals surface area contributed by atoms with Gasteiger partial charge in [0, 0.05) is 12.4 Å². The second kappa shape index (κ2) is 5.89. The van der Waals surface area contributed by atoms with Crippen LogP contribution in [0.15, 0.2) is 55.1 Å². The lowest BCUT2D eigenvalue weighted by molar-refractivity contribution is 1.13. The van der Waals surface area contributed by atoms with Gasteiger partial charge in [-0.1, -0.05) is 36.4 Å². The first kappa shape index (κ1) is 9.39. The number of hydrogen-bond donors (Lipinski definition) is 0. The van der Waals surface area contributed by atoms with Crippen LogP contribution in [-0.4, -0.2) is 9.97 Å². The van der Waals surface area contributed by atoms with E-state index in [1.807, 2.05) is 43.3 Å². The number of rotatable bonds is 0. The quantitative estimate of drug-likeness (QED) is 0.610. The zero-order chi connectivity index (χ0) is 9.36. The van der Waals surface area contributed by atoms with Crippen LogP contribution < -0.4 is 0 Å². The van der Waals surface area contributed by atoms with Crippen molar-refractivity contribution in [2.45, 2.75) is 6.92 Å². The first-order valence-electron chi connectivity index (χ1n) is 4.11. The highest BCUT2D eigenvalue weighted by atomic mass is 14.8. The Morgan fingerprint density at radius 1 is 0.769 bits per heavy atom. The van der Waals surface area contributed by atoms with Gasteiger partial charge in [-0.3, -0.25) is 0 Å². The third kappa shape index (κ3) is 4.69. The molecule has 0 N–H and O–H groups in total. The summed E-state index contributed by atoms with van der Waals surface area (Å²) in [7, 11) is 0. The fourth-order valence-electron chi connectivity index (χ4n) is 0.759. The molecule has 0 atom stereocenters. The van der Waals surface area contributed by atoms with Crippen molar-refractivity contribution in [3.63, 3.8) is 0 Å². The second-order valence-corrected chi connectivity index (χ2v) is 2.57. The molecule has 1 aromatic carbocycles. The van der Waals surface area contributed by atoms with Crippen molar-refractivity contribution in [2.75, 3.05) is 0 Å². The van der Waals surface area contributed by atoms with Crippen LogP contribution in [0.2, 0.25) is 0 Å². The van der Waals surface area contributed by atoms with Gasteiger partial charge >= 0.3 is 0 Å². The first-order chi connectivity index (χ1) is 6.39. The molecular formula is C11H12N2. The molecule has 0 aliphatic rings. The van der Waals surface area contributed by atoms with Gasteiger partial charge in [-0.2, -0.15) is 0 Å². The number of aryl methyl sites for hydroxylation is 1. The summed E-state index contributed by atoms with van der Waals surface area (Å²) in [4.78, 5) is 7.55. The van der Waals surface area contributed by atoms with Crippen LogP contribution in [0.1, 0.15) is 5.56 Å². The van der Waals surface area contributed by atoms with Crippen molar-refractivity contribution < 1.29 is 0 Å². The van der Waals surface area contributed by atoms with E-state index in [4.69, 9.17) is 0 Å². The molecule has 0 bridgehead atoms. The third-order valence-electron chi connectivity index (χ3n) is 1.36. The zero-order valence-corrected chi connectivity index (χ0v) is 7.59. The van der Waals surface area contributed by atoms with Gasteiger partial charge in [0.15, 0.2) is 0 Å². The summed E-state index contributed by atoms with van der Waals surface area (Å²) >= 11 is 0. The smallest absolute Gasteiger partial charge is 0.115 e. The molecule has 0 aliphatic carbocycles. The molecule has 1 aromatic heterocycles. The van der Waals surface area contributed by atoms with Crippen molar-refractivity contribution in [2.24, 2.45) is 0 Å². The van der Waals surface area contributed by atoms with Gasteiger partial charge in [-0.05, 0) is 12.5 Å². The van der Waals surface area contributed by atoms with E-state index in [1.165, 1.54) is 6.33 Å². The van der Waals surface area contributed by atoms with Crippen LogP contribution in [0.25, 0.3) is 0 Å². The Labute approximate surface area is 78.3 Å². The fraction of sp³-hybridized carbons (Fsp3) is 0.0909. The van der Waals surface area contributed by atoms with E-state index in [0.717, 1.165) is 5.56 Å². The molecule has 2 rings (SSSR count). The van der Waals surface area contributed by atoms with Crippen LogP contribution in [0, 0.1) is 6.92 Å². The molecule has 0 amide bonds. The fourth-order valence-corrected chi connectivity index (χ4v) is 0.759. The molecule has 2 aromatic rings. The Balaban J connectivity index is 0.000000132. The lowest BCUT2D eigenvalue weighted by atomic mass is 10.4. The van der Waals surface area contributed by atoms with Crippen LogP contribution in [0.4, 0.5) is 0 Å². The summed E-state index contributed by atoms with van der Waals surface area (Å²) in [6.45, 7) is 1.96. The molecule has 0 fully saturated rings. The van der Waals surface area contributed by atoms with Crippen LogP contribution in [0.5, 0.6) is 0 Å². The maximum atomic E-state index is 3.77. The average Bonchev–Trinajstić information content (AvgIpc) is 2.22. The highest BCUT2D eigenvalue weighted by Crippen LogP contribution is 1.84. The van der Waals surface area contributed by atoms with Crippen molar-refractivity contribution in [1.82, 2.24) is 9.97 Å². The minimum atomic E-state index is 1.10. The summed E-state index contributed by atoms with van der Waals surface area (Å²) in [5.74, 6) is 0. The van der Waals surface area contributed by atoms with E-state index in [1.54, 1.807) is 12.4 Å². The van der Waals surface area contributed by atoms with E-state index >= 15 is 0 Å². The van der Waals surface area contributed by atoms with Gasteiger partial charge in [0.1, 0.15) is 6.33 Å². The molecule has 0 saturated carbocycles. The van der Waals surface area contributed by atoms with Crippen molar-refractivity contribution in [3.8, 4) is 0 Å². The summed E-state index contributed by atoms with van der Waals surface area (Å²) in [5, 5.41) is 0. The van der Waals surface area contributed by atoms with Crippen molar-refractivity contribution in [1.29, 1.82) is 0 Å². The summed E-state index contributed by atoms with van der Waals surface area (Å²) in [6, 6.07) is 12.0. The molecular weight excluding hydrogens is 160 g/mol. The molecule has 66 valence electrons. The highest BCUT2D eigenvalue weighted by molar-refractivity contribution is 4.99. The van der Waals surface area contributed by atoms with Gasteiger partial charge in [-0.25, -0.2) is 9.97 Å². The van der Waals surface area contributed by atoms with E-state index < -0.39 is 0 Å². The minimum Gasteiger partial charge on any atom is -0.245 e. The first-order valence-corrected chi connectivity index (χ1v) is 4.11. The van der Waals surface area contributed by atoms with Crippen LogP contribution >= 0.6 is 0 Å². The van der Waals surface area contributed by atoms with Gasteiger partial charge in [0.05, 0.1) is 0 Å². The SMILES string of the molecule is Cc1cncnc1.c1ccccc1. The molecule has 2 heteroatoms. The molecule has 0 aliphatic heterocycles. The Morgan fingerprint density at radius 3 is 1.38 bits per heavy atom. The van der Waals surface area contributed by atoms with Gasteiger partial charge < -0.3 is 0 Å². The Hall–Kier alpha value is -1.70. The Bertz CT molecular complexity index is 279. The summed E-state index contributed by atoms with van der Waals surface area (Å²) < 4.78 is 0. The number of aromatic nitrogens is 2. The van der Waals surface area contributed by atoms with Crippen molar-refractivity contribution in [3.05, 3.63) is 60.7 Å². The monoisotopic (exact) mass is 172 g/mol. The molecule has 0 radical (unpaired) electrons. The highest BCUT2D eigenvalue weighted by Gasteiger charge is 1.74. The van der Waals surface area contributed by atoms with Gasteiger partial charge in [0.25, 0.3) is 0 Å². The maximum absolute atomic E-state index is 3.77. The lowest BCUT2D eigenvalue weighted by Gasteiger charge is -1.81. The zero-order valence-electron chi connectivity index (χ0n) is 7.59. The topological polar surface area (TPSA) is 25.8 Å². The van der Waals surface area contributed by atoms with E-state index in [-0.39, 0.29) is 0 Å². The molecule has 0 unspecified atom stereocenters. The number of nitrogens with zero attached hydrogens (tertiary/aromatic N) is 2. The lowest BCUT2D eigenvalue weighted by Crippen LogP contribution is -1.75. The van der Waals surface area contributed by atoms with E-state index in [0.29, 0.717) is 0 Å². The average molecular weight is 172 g/mol. The largest absolute Gasteiger partial charge is 0.245 e. The van der Waals surface area contributed by atoms with E-state index in [9.17, 15) is 0 Å². The predicted octanol–water partition coefficient (Wildman–Crippen LogP) is 2.47. The minimum absolute atomic E-state index is 1.10. The van der Waals surface area contributed by atoms with Crippen molar-refractivity contribution >= 4 is 0 Å². The van der Waals surface area contributed by atoms with Crippen LogP contribution in [-0.2, 0) is 0 Å². The second-order valence-electron chi connectivity index (χ2n) is 2.57. The summed E-state index contributed by atoms with van der Waals surface area (Å²) in [5.41, 5.74) is 1.10. The maximum Gasteiger partial charge on any atom is 0.115 e. The normalized spacial score (nSPS) is 8.38. The summed E-state index contributed by atoms with van der Waals surface area (Å²) in [6.07, 6.45) is 5.06. The Kier molecular flexibility index (Phi) is 4.25.